The average molecular weight is 1030 g/mol. The Morgan fingerprint density at radius 1 is 0.274 bits per heavy atom. The molecule has 0 spiro atoms. The Labute approximate surface area is 455 Å². The number of rotatable bonds is 61. The van der Waals surface area contributed by atoms with Crippen molar-refractivity contribution in [1.29, 1.82) is 0 Å². The fourth-order valence-electron chi connectivity index (χ4n) is 10.0. The first kappa shape index (κ1) is 70.9. The summed E-state index contributed by atoms with van der Waals surface area (Å²) in [6.45, 7) is 6.67. The van der Waals surface area contributed by atoms with Gasteiger partial charge in [0.2, 0.25) is 0 Å². The Morgan fingerprint density at radius 3 is 0.781 bits per heavy atom. The van der Waals surface area contributed by atoms with Crippen molar-refractivity contribution in [3.63, 3.8) is 0 Å². The lowest BCUT2D eigenvalue weighted by molar-refractivity contribution is -0.167. The first-order valence-electron chi connectivity index (χ1n) is 32.8. The summed E-state index contributed by atoms with van der Waals surface area (Å²) in [5.41, 5.74) is 0. The third-order valence-corrected chi connectivity index (χ3v) is 15.0. The van der Waals surface area contributed by atoms with Crippen LogP contribution in [0, 0.1) is 0 Å². The summed E-state index contributed by atoms with van der Waals surface area (Å²) >= 11 is 0. The molecule has 0 aromatic heterocycles. The number of unbranched alkanes of at least 4 members (excludes halogenated alkanes) is 46. The molecule has 6 nitrogen and oxygen atoms in total. The number of carbonyl (C=O) groups is 3. The van der Waals surface area contributed by atoms with Gasteiger partial charge in [0.1, 0.15) is 13.2 Å². The standard InChI is InChI=1S/C67H126O6/c1-4-7-10-13-16-19-22-24-26-28-29-30-31-32-33-34-35-36-37-39-40-42-45-48-51-54-57-60-66(69)72-63-64(62-71-65(68)59-56-53-50-47-44-21-18-15-12-9-6-3)73-67(70)61-58-55-52-49-46-43-41-38-27-25-23-20-17-14-11-8-5-2/h17,20,25,27,64H,4-16,18-19,21-24,26,28-63H2,1-3H3/b20-17-,27-25-. The van der Waals surface area contributed by atoms with Gasteiger partial charge < -0.3 is 14.2 Å². The summed E-state index contributed by atoms with van der Waals surface area (Å²) in [5, 5.41) is 0. The van der Waals surface area contributed by atoms with Crippen LogP contribution in [0.1, 0.15) is 367 Å². The summed E-state index contributed by atoms with van der Waals surface area (Å²) < 4.78 is 16.9. The van der Waals surface area contributed by atoms with Crippen molar-refractivity contribution in [3.8, 4) is 0 Å². The highest BCUT2D eigenvalue weighted by Gasteiger charge is 2.19. The van der Waals surface area contributed by atoms with Crippen molar-refractivity contribution in [1.82, 2.24) is 0 Å². The molecular formula is C67H126O6. The van der Waals surface area contributed by atoms with Gasteiger partial charge in [0, 0.05) is 19.3 Å². The molecule has 430 valence electrons. The van der Waals surface area contributed by atoms with Crippen LogP contribution in [0.5, 0.6) is 0 Å². The van der Waals surface area contributed by atoms with E-state index in [4.69, 9.17) is 14.2 Å². The maximum Gasteiger partial charge on any atom is 0.306 e. The molecule has 0 heterocycles. The minimum Gasteiger partial charge on any atom is -0.462 e. The van der Waals surface area contributed by atoms with Crippen LogP contribution < -0.4 is 0 Å². The summed E-state index contributed by atoms with van der Waals surface area (Å²) in [6, 6.07) is 0. The number of hydrogen-bond acceptors (Lipinski definition) is 6. The van der Waals surface area contributed by atoms with Crippen molar-refractivity contribution in [2.24, 2.45) is 0 Å². The van der Waals surface area contributed by atoms with Gasteiger partial charge in [-0.1, -0.05) is 321 Å². The van der Waals surface area contributed by atoms with E-state index in [2.05, 4.69) is 45.1 Å². The van der Waals surface area contributed by atoms with E-state index >= 15 is 0 Å². The maximum absolute atomic E-state index is 12.9. The van der Waals surface area contributed by atoms with Gasteiger partial charge in [0.05, 0.1) is 0 Å². The van der Waals surface area contributed by atoms with Crippen molar-refractivity contribution in [2.45, 2.75) is 374 Å². The predicted molar refractivity (Wildman–Crippen MR) is 316 cm³/mol. The fraction of sp³-hybridized carbons (Fsp3) is 0.896. The molecule has 0 saturated carbocycles. The summed E-state index contributed by atoms with van der Waals surface area (Å²) in [7, 11) is 0. The molecule has 0 bridgehead atoms. The average Bonchev–Trinajstić information content (AvgIpc) is 3.39. The molecule has 0 amide bonds. The summed E-state index contributed by atoms with van der Waals surface area (Å²) in [4.78, 5) is 38.2. The van der Waals surface area contributed by atoms with Gasteiger partial charge in [-0.05, 0) is 51.4 Å². The molecule has 6 heteroatoms. The monoisotopic (exact) mass is 1030 g/mol. The third-order valence-electron chi connectivity index (χ3n) is 15.0. The lowest BCUT2D eigenvalue weighted by Crippen LogP contribution is -2.30. The Bertz CT molecular complexity index is 1180. The minimum atomic E-state index is -0.771. The van der Waals surface area contributed by atoms with Gasteiger partial charge in [0.15, 0.2) is 6.10 Å². The zero-order valence-electron chi connectivity index (χ0n) is 49.4. The van der Waals surface area contributed by atoms with E-state index in [0.29, 0.717) is 19.3 Å². The molecule has 0 aliphatic rings. The molecule has 0 aliphatic carbocycles. The molecule has 0 radical (unpaired) electrons. The van der Waals surface area contributed by atoms with E-state index in [-0.39, 0.29) is 31.1 Å². The first-order chi connectivity index (χ1) is 36.0. The Hall–Kier alpha value is -2.11. The smallest absolute Gasteiger partial charge is 0.306 e. The summed E-state index contributed by atoms with van der Waals surface area (Å²) in [6.07, 6.45) is 74.9. The zero-order chi connectivity index (χ0) is 52.9. The molecule has 0 fully saturated rings. The molecule has 0 aliphatic heterocycles. The van der Waals surface area contributed by atoms with Crippen LogP contribution in [-0.2, 0) is 28.6 Å². The number of esters is 3. The van der Waals surface area contributed by atoms with Gasteiger partial charge >= 0.3 is 17.9 Å². The minimum absolute atomic E-state index is 0.0687. The van der Waals surface area contributed by atoms with E-state index < -0.39 is 6.10 Å². The quantitative estimate of drug-likeness (QED) is 0.0261. The Kier molecular flexibility index (Phi) is 60.6. The van der Waals surface area contributed by atoms with Crippen LogP contribution >= 0.6 is 0 Å². The topological polar surface area (TPSA) is 78.9 Å². The molecule has 0 rings (SSSR count). The summed E-state index contributed by atoms with van der Waals surface area (Å²) in [5.74, 6) is -0.852. The zero-order valence-corrected chi connectivity index (χ0v) is 49.4. The van der Waals surface area contributed by atoms with Gasteiger partial charge in [0.25, 0.3) is 0 Å². The van der Waals surface area contributed by atoms with Gasteiger partial charge in [-0.3, -0.25) is 14.4 Å². The van der Waals surface area contributed by atoms with Crippen LogP contribution in [0.4, 0.5) is 0 Å². The second kappa shape index (κ2) is 62.4. The SMILES string of the molecule is CCCCC/C=C\C/C=C\CCCCCCCCCC(=O)OC(COC(=O)CCCCCCCCCCCCC)COC(=O)CCCCCCCCCCCCCCCCCCCCCCCCCCCCC. The molecule has 0 aromatic rings. The highest BCUT2D eigenvalue weighted by molar-refractivity contribution is 5.71. The van der Waals surface area contributed by atoms with E-state index in [0.717, 1.165) is 70.6 Å². The molecule has 1 unspecified atom stereocenters. The van der Waals surface area contributed by atoms with Crippen LogP contribution in [0.3, 0.4) is 0 Å². The molecule has 0 N–H and O–H groups in total. The van der Waals surface area contributed by atoms with Crippen LogP contribution in [0.2, 0.25) is 0 Å². The van der Waals surface area contributed by atoms with E-state index in [1.165, 1.54) is 257 Å². The lowest BCUT2D eigenvalue weighted by atomic mass is 10.0. The maximum atomic E-state index is 12.9. The van der Waals surface area contributed by atoms with Gasteiger partial charge in [-0.2, -0.15) is 0 Å². The van der Waals surface area contributed by atoms with E-state index in [1.807, 2.05) is 0 Å². The normalized spacial score (nSPS) is 12.1. The third kappa shape index (κ3) is 60.6. The second-order valence-corrected chi connectivity index (χ2v) is 22.4. The lowest BCUT2D eigenvalue weighted by Gasteiger charge is -2.18. The van der Waals surface area contributed by atoms with Gasteiger partial charge in [-0.15, -0.1) is 0 Å². The van der Waals surface area contributed by atoms with Crippen molar-refractivity contribution < 1.29 is 28.6 Å². The van der Waals surface area contributed by atoms with Crippen molar-refractivity contribution in [3.05, 3.63) is 24.3 Å². The largest absolute Gasteiger partial charge is 0.462 e. The first-order valence-corrected chi connectivity index (χ1v) is 32.8. The fourth-order valence-corrected chi connectivity index (χ4v) is 10.0. The highest BCUT2D eigenvalue weighted by atomic mass is 16.6. The van der Waals surface area contributed by atoms with Crippen LogP contribution in [-0.4, -0.2) is 37.2 Å². The Balaban J connectivity index is 4.15. The number of allylic oxidation sites excluding steroid dienone is 4. The molecule has 0 saturated heterocycles. The molecule has 73 heavy (non-hydrogen) atoms. The second-order valence-electron chi connectivity index (χ2n) is 22.4. The van der Waals surface area contributed by atoms with Crippen LogP contribution in [0.15, 0.2) is 24.3 Å². The van der Waals surface area contributed by atoms with E-state index in [1.54, 1.807) is 0 Å². The number of hydrogen-bond donors (Lipinski definition) is 0. The van der Waals surface area contributed by atoms with Crippen molar-refractivity contribution in [2.75, 3.05) is 13.2 Å². The van der Waals surface area contributed by atoms with Crippen LogP contribution in [0.25, 0.3) is 0 Å². The number of carbonyl (C=O) groups excluding carboxylic acids is 3. The number of ether oxygens (including phenoxy) is 3. The molecule has 0 aromatic carbocycles. The molecule has 1 atom stereocenters. The van der Waals surface area contributed by atoms with Crippen molar-refractivity contribution >= 4 is 17.9 Å². The Morgan fingerprint density at radius 2 is 0.493 bits per heavy atom. The van der Waals surface area contributed by atoms with E-state index in [9.17, 15) is 14.4 Å². The highest BCUT2D eigenvalue weighted by Crippen LogP contribution is 2.18. The van der Waals surface area contributed by atoms with Gasteiger partial charge in [-0.25, -0.2) is 0 Å². The predicted octanol–water partition coefficient (Wildman–Crippen LogP) is 22.2. The molecular weight excluding hydrogens is 901 g/mol.